The minimum atomic E-state index is -0.615. The predicted molar refractivity (Wildman–Crippen MR) is 39.6 cm³/mol. The monoisotopic (exact) mass is 157 g/mol. The molecule has 0 spiro atoms. The lowest BCUT2D eigenvalue weighted by atomic mass is 10.3. The van der Waals surface area contributed by atoms with Gasteiger partial charge in [0.05, 0.1) is 0 Å². The zero-order valence-corrected chi connectivity index (χ0v) is 6.67. The Labute approximate surface area is 66.2 Å². The Bertz CT molecular complexity index is 149. The maximum atomic E-state index is 10.9. The standard InChI is InChI=1S/C7H13N2O2/c1-8-6-2-3-9(4-6)7(11)5-10/h6,8H,2-5H2,1H3. The van der Waals surface area contributed by atoms with E-state index in [-0.39, 0.29) is 5.91 Å². The zero-order valence-electron chi connectivity index (χ0n) is 6.67. The molecule has 0 aromatic rings. The summed E-state index contributed by atoms with van der Waals surface area (Å²) in [4.78, 5) is 12.5. The summed E-state index contributed by atoms with van der Waals surface area (Å²) < 4.78 is 0. The van der Waals surface area contributed by atoms with Crippen molar-refractivity contribution in [1.82, 2.24) is 10.2 Å². The molecule has 1 rings (SSSR count). The molecule has 1 unspecified atom stereocenters. The van der Waals surface area contributed by atoms with Crippen LogP contribution in [0, 0.1) is 0 Å². The smallest absolute Gasteiger partial charge is 0.251 e. The van der Waals surface area contributed by atoms with Gasteiger partial charge in [-0.2, -0.15) is 0 Å². The van der Waals surface area contributed by atoms with Gasteiger partial charge < -0.3 is 10.2 Å². The molecule has 0 aromatic carbocycles. The molecule has 1 atom stereocenters. The van der Waals surface area contributed by atoms with E-state index < -0.39 is 6.61 Å². The van der Waals surface area contributed by atoms with Crippen molar-refractivity contribution < 1.29 is 9.90 Å². The molecule has 4 nitrogen and oxygen atoms in total. The molecule has 63 valence electrons. The first-order chi connectivity index (χ1) is 5.27. The maximum Gasteiger partial charge on any atom is 0.251 e. The van der Waals surface area contributed by atoms with Gasteiger partial charge >= 0.3 is 0 Å². The Morgan fingerprint density at radius 1 is 1.73 bits per heavy atom. The number of hydrogen-bond acceptors (Lipinski definition) is 2. The predicted octanol–water partition coefficient (Wildman–Crippen LogP) is -0.763. The van der Waals surface area contributed by atoms with Crippen molar-refractivity contribution in [1.29, 1.82) is 0 Å². The van der Waals surface area contributed by atoms with Gasteiger partial charge in [-0.1, -0.05) is 0 Å². The summed E-state index contributed by atoms with van der Waals surface area (Å²) in [6.45, 7) is 0.806. The van der Waals surface area contributed by atoms with Gasteiger partial charge in [-0.3, -0.25) is 4.79 Å². The molecule has 0 aliphatic carbocycles. The zero-order chi connectivity index (χ0) is 8.27. The van der Waals surface area contributed by atoms with E-state index in [0.717, 1.165) is 13.0 Å². The highest BCUT2D eigenvalue weighted by molar-refractivity contribution is 5.77. The van der Waals surface area contributed by atoms with Crippen LogP contribution in [0.3, 0.4) is 0 Å². The van der Waals surface area contributed by atoms with Crippen LogP contribution in [0.2, 0.25) is 0 Å². The van der Waals surface area contributed by atoms with Crippen LogP contribution in [-0.4, -0.2) is 43.6 Å². The van der Waals surface area contributed by atoms with E-state index in [9.17, 15) is 9.90 Å². The molecule has 1 N–H and O–H groups in total. The SMILES string of the molecule is CNC1CCN(C(=O)C[O])C1. The average Bonchev–Trinajstić information content (AvgIpc) is 2.50. The molecule has 4 heteroatoms. The number of amides is 1. The second-order valence-electron chi connectivity index (χ2n) is 2.76. The van der Waals surface area contributed by atoms with Gasteiger partial charge in [0.25, 0.3) is 5.91 Å². The first-order valence-corrected chi connectivity index (χ1v) is 3.81. The summed E-state index contributed by atoms with van der Waals surface area (Å²) in [7, 11) is 1.87. The van der Waals surface area contributed by atoms with Crippen LogP contribution in [-0.2, 0) is 9.90 Å². The maximum absolute atomic E-state index is 10.9. The van der Waals surface area contributed by atoms with Crippen molar-refractivity contribution in [3.8, 4) is 0 Å². The van der Waals surface area contributed by atoms with E-state index in [1.807, 2.05) is 7.05 Å². The van der Waals surface area contributed by atoms with Crippen LogP contribution < -0.4 is 5.32 Å². The highest BCUT2D eigenvalue weighted by Gasteiger charge is 2.24. The molecule has 1 aliphatic heterocycles. The van der Waals surface area contributed by atoms with Crippen molar-refractivity contribution in [2.45, 2.75) is 12.5 Å². The summed E-state index contributed by atoms with van der Waals surface area (Å²) in [5.41, 5.74) is 0. The second kappa shape index (κ2) is 3.69. The molecule has 0 bridgehead atoms. The molecular formula is C7H13N2O2. The summed E-state index contributed by atoms with van der Waals surface area (Å²) >= 11 is 0. The summed E-state index contributed by atoms with van der Waals surface area (Å²) in [6, 6.07) is 0.380. The fourth-order valence-electron chi connectivity index (χ4n) is 1.31. The van der Waals surface area contributed by atoms with Crippen LogP contribution in [0.15, 0.2) is 0 Å². The minimum absolute atomic E-state index is 0.275. The fourth-order valence-corrected chi connectivity index (χ4v) is 1.31. The first kappa shape index (κ1) is 8.49. The third-order valence-electron chi connectivity index (χ3n) is 2.07. The van der Waals surface area contributed by atoms with E-state index >= 15 is 0 Å². The number of likely N-dealkylation sites (N-methyl/N-ethyl adjacent to an activating group) is 1. The quantitative estimate of drug-likeness (QED) is 0.572. The van der Waals surface area contributed by atoms with E-state index in [1.54, 1.807) is 4.90 Å². The van der Waals surface area contributed by atoms with Crippen molar-refractivity contribution in [3.63, 3.8) is 0 Å². The van der Waals surface area contributed by atoms with Gasteiger partial charge in [0.2, 0.25) is 0 Å². The highest BCUT2D eigenvalue weighted by atomic mass is 16.3. The molecule has 11 heavy (non-hydrogen) atoms. The minimum Gasteiger partial charge on any atom is -0.339 e. The number of carbonyl (C=O) groups excluding carboxylic acids is 1. The number of rotatable bonds is 2. The summed E-state index contributed by atoms with van der Waals surface area (Å²) in [5.74, 6) is -0.275. The lowest BCUT2D eigenvalue weighted by molar-refractivity contribution is -0.135. The Morgan fingerprint density at radius 3 is 2.91 bits per heavy atom. The lowest BCUT2D eigenvalue weighted by Gasteiger charge is -2.13. The second-order valence-corrected chi connectivity index (χ2v) is 2.76. The summed E-state index contributed by atoms with van der Waals surface area (Å²) in [6.07, 6.45) is 0.961. The van der Waals surface area contributed by atoms with Crippen LogP contribution in [0.25, 0.3) is 0 Å². The van der Waals surface area contributed by atoms with Crippen molar-refractivity contribution in [3.05, 3.63) is 0 Å². The largest absolute Gasteiger partial charge is 0.339 e. The Morgan fingerprint density at radius 2 is 2.45 bits per heavy atom. The molecule has 1 aliphatic rings. The van der Waals surface area contributed by atoms with Gasteiger partial charge in [0, 0.05) is 19.1 Å². The first-order valence-electron chi connectivity index (χ1n) is 3.81. The Hall–Kier alpha value is -0.610. The molecule has 1 fully saturated rings. The van der Waals surface area contributed by atoms with Gasteiger partial charge in [-0.25, -0.2) is 5.11 Å². The molecule has 1 radical (unpaired) electrons. The fraction of sp³-hybridized carbons (Fsp3) is 0.857. The molecule has 1 heterocycles. The third kappa shape index (κ3) is 1.91. The van der Waals surface area contributed by atoms with Crippen LogP contribution in [0.4, 0.5) is 0 Å². The van der Waals surface area contributed by atoms with Crippen molar-refractivity contribution in [2.75, 3.05) is 26.7 Å². The number of nitrogens with one attached hydrogen (secondary N) is 1. The van der Waals surface area contributed by atoms with Crippen LogP contribution in [0.1, 0.15) is 6.42 Å². The van der Waals surface area contributed by atoms with Gasteiger partial charge in [0.1, 0.15) is 0 Å². The normalized spacial score (nSPS) is 24.2. The molecule has 0 aromatic heterocycles. The van der Waals surface area contributed by atoms with E-state index in [0.29, 0.717) is 12.6 Å². The topological polar surface area (TPSA) is 52.2 Å². The lowest BCUT2D eigenvalue weighted by Crippen LogP contribution is -2.34. The van der Waals surface area contributed by atoms with Gasteiger partial charge in [-0.15, -0.1) is 0 Å². The van der Waals surface area contributed by atoms with Crippen LogP contribution in [0.5, 0.6) is 0 Å². The number of likely N-dealkylation sites (tertiary alicyclic amines) is 1. The van der Waals surface area contributed by atoms with Crippen molar-refractivity contribution >= 4 is 5.91 Å². The van der Waals surface area contributed by atoms with E-state index in [1.165, 1.54) is 0 Å². The van der Waals surface area contributed by atoms with E-state index in [2.05, 4.69) is 5.32 Å². The Balaban J connectivity index is 2.35. The molecule has 1 amide bonds. The van der Waals surface area contributed by atoms with Crippen LogP contribution >= 0.6 is 0 Å². The molecule has 1 saturated heterocycles. The summed E-state index contributed by atoms with van der Waals surface area (Å²) in [5, 5.41) is 13.3. The third-order valence-corrected chi connectivity index (χ3v) is 2.07. The number of nitrogens with zero attached hydrogens (tertiary/aromatic N) is 1. The van der Waals surface area contributed by atoms with Gasteiger partial charge in [0.15, 0.2) is 6.61 Å². The Kier molecular flexibility index (Phi) is 2.84. The number of carbonyl (C=O) groups is 1. The van der Waals surface area contributed by atoms with Crippen molar-refractivity contribution in [2.24, 2.45) is 0 Å². The molecule has 0 saturated carbocycles. The number of hydrogen-bond donors (Lipinski definition) is 1. The van der Waals surface area contributed by atoms with Gasteiger partial charge in [-0.05, 0) is 13.5 Å². The van der Waals surface area contributed by atoms with E-state index in [4.69, 9.17) is 0 Å². The molecular weight excluding hydrogens is 144 g/mol. The highest BCUT2D eigenvalue weighted by Crippen LogP contribution is 2.07. The average molecular weight is 157 g/mol.